The van der Waals surface area contributed by atoms with Crippen molar-refractivity contribution < 1.29 is 27.4 Å². The summed E-state index contributed by atoms with van der Waals surface area (Å²) in [6.07, 6.45) is -1.89. The van der Waals surface area contributed by atoms with Gasteiger partial charge in [-0.25, -0.2) is 9.07 Å². The van der Waals surface area contributed by atoms with E-state index in [2.05, 4.69) is 10.1 Å². The first-order valence-corrected chi connectivity index (χ1v) is 10.5. The van der Waals surface area contributed by atoms with Gasteiger partial charge >= 0.3 is 6.18 Å². The quantitative estimate of drug-likeness (QED) is 0.552. The number of H-pyrrole nitrogens is 1. The van der Waals surface area contributed by atoms with Gasteiger partial charge in [0.15, 0.2) is 5.75 Å². The maximum Gasteiger partial charge on any atom is 0.419 e. The lowest BCUT2D eigenvalue weighted by atomic mass is 9.97. The fourth-order valence-electron chi connectivity index (χ4n) is 4.17. The zero-order valence-corrected chi connectivity index (χ0v) is 17.4. The number of aromatic hydroxyl groups is 1. The van der Waals surface area contributed by atoms with E-state index in [9.17, 15) is 27.5 Å². The highest BCUT2D eigenvalue weighted by Crippen LogP contribution is 2.37. The molecule has 0 atom stereocenters. The van der Waals surface area contributed by atoms with Gasteiger partial charge in [-0.1, -0.05) is 13.0 Å². The zero-order chi connectivity index (χ0) is 23.0. The van der Waals surface area contributed by atoms with Crippen LogP contribution in [0.5, 0.6) is 5.75 Å². The van der Waals surface area contributed by atoms with Crippen molar-refractivity contribution in [2.75, 3.05) is 13.2 Å². The number of aryl methyl sites for hydroxylation is 2. The van der Waals surface area contributed by atoms with Gasteiger partial charge in [0.25, 0.3) is 0 Å². The van der Waals surface area contributed by atoms with Crippen molar-refractivity contribution in [1.29, 1.82) is 0 Å². The molecule has 0 unspecified atom stereocenters. The molecule has 1 aliphatic heterocycles. The summed E-state index contributed by atoms with van der Waals surface area (Å²) in [7, 11) is 0. The van der Waals surface area contributed by atoms with Crippen molar-refractivity contribution in [3.63, 3.8) is 0 Å². The number of benzene rings is 1. The summed E-state index contributed by atoms with van der Waals surface area (Å²) in [5, 5.41) is 15.1. The lowest BCUT2D eigenvalue weighted by Crippen LogP contribution is -2.18. The summed E-state index contributed by atoms with van der Waals surface area (Å²) in [5.74, 6) is -1.97. The van der Waals surface area contributed by atoms with Crippen LogP contribution in [0.4, 0.5) is 17.6 Å². The Labute approximate surface area is 180 Å². The highest BCUT2D eigenvalue weighted by Gasteiger charge is 2.35. The van der Waals surface area contributed by atoms with Gasteiger partial charge in [0.2, 0.25) is 5.43 Å². The second-order valence-corrected chi connectivity index (χ2v) is 7.93. The molecule has 0 amide bonds. The van der Waals surface area contributed by atoms with E-state index in [1.165, 1.54) is 0 Å². The van der Waals surface area contributed by atoms with Crippen LogP contribution in [-0.4, -0.2) is 33.1 Å². The molecule has 1 saturated heterocycles. The molecule has 3 heterocycles. The minimum atomic E-state index is -4.92. The molecule has 2 aromatic heterocycles. The monoisotopic (exact) mass is 453 g/mol. The van der Waals surface area contributed by atoms with Crippen molar-refractivity contribution in [1.82, 2.24) is 14.8 Å². The standard InChI is InChI=1S/C22H23F4N3O3/c1-2-15-16-19(30)20(31)18(13-4-3-5-14(17(13)23)22(24,25)26)27-21(16)29(28-15)9-6-12-7-10-32-11-8-12/h3-5,12,31H,2,6-11H2,1H3,(H,27,30). The van der Waals surface area contributed by atoms with E-state index in [4.69, 9.17) is 4.74 Å². The van der Waals surface area contributed by atoms with E-state index in [1.807, 2.05) is 6.92 Å². The van der Waals surface area contributed by atoms with E-state index in [0.29, 0.717) is 43.9 Å². The molecule has 10 heteroatoms. The molecule has 0 spiro atoms. The zero-order valence-electron chi connectivity index (χ0n) is 17.4. The van der Waals surface area contributed by atoms with Crippen molar-refractivity contribution in [2.45, 2.75) is 45.3 Å². The topological polar surface area (TPSA) is 80.1 Å². The summed E-state index contributed by atoms with van der Waals surface area (Å²) >= 11 is 0. The lowest BCUT2D eigenvalue weighted by molar-refractivity contribution is -0.139. The summed E-state index contributed by atoms with van der Waals surface area (Å²) < 4.78 is 61.2. The number of rotatable bonds is 5. The number of nitrogens with one attached hydrogen (secondary N) is 1. The first kappa shape index (κ1) is 22.3. The van der Waals surface area contributed by atoms with Gasteiger partial charge in [-0.05, 0) is 43.7 Å². The Bertz CT molecular complexity index is 1190. The second-order valence-electron chi connectivity index (χ2n) is 7.93. The Kier molecular flexibility index (Phi) is 5.98. The Balaban J connectivity index is 1.83. The van der Waals surface area contributed by atoms with Gasteiger partial charge in [0, 0.05) is 25.3 Å². The van der Waals surface area contributed by atoms with Crippen molar-refractivity contribution in [2.24, 2.45) is 5.92 Å². The minimum absolute atomic E-state index is 0.160. The van der Waals surface area contributed by atoms with Crippen LogP contribution in [-0.2, 0) is 23.9 Å². The maximum atomic E-state index is 14.7. The van der Waals surface area contributed by atoms with E-state index in [-0.39, 0.29) is 11.0 Å². The Hall–Kier alpha value is -2.88. The number of aromatic amines is 1. The normalized spacial score (nSPS) is 15.5. The molecule has 1 fully saturated rings. The molecule has 1 aromatic carbocycles. The molecule has 6 nitrogen and oxygen atoms in total. The van der Waals surface area contributed by atoms with Crippen molar-refractivity contribution >= 4 is 11.0 Å². The average molecular weight is 453 g/mol. The molecule has 32 heavy (non-hydrogen) atoms. The lowest BCUT2D eigenvalue weighted by Gasteiger charge is -2.21. The molecule has 2 N–H and O–H groups in total. The number of nitrogens with zero attached hydrogens (tertiary/aromatic N) is 2. The minimum Gasteiger partial charge on any atom is -0.503 e. The first-order chi connectivity index (χ1) is 15.2. The van der Waals surface area contributed by atoms with Crippen LogP contribution < -0.4 is 5.43 Å². The van der Waals surface area contributed by atoms with Crippen molar-refractivity contribution in [3.8, 4) is 17.0 Å². The molecule has 172 valence electrons. The SMILES string of the molecule is CCc1nn(CCC2CCOCC2)c2[nH]c(-c3cccc(C(F)(F)F)c3F)c(O)c(=O)c12. The van der Waals surface area contributed by atoms with Crippen LogP contribution in [0.1, 0.15) is 37.4 Å². The fraction of sp³-hybridized carbons (Fsp3) is 0.455. The summed E-state index contributed by atoms with van der Waals surface area (Å²) in [5.41, 5.74) is -2.49. The number of hydrogen-bond acceptors (Lipinski definition) is 4. The summed E-state index contributed by atoms with van der Waals surface area (Å²) in [4.78, 5) is 15.7. The predicted molar refractivity (Wildman–Crippen MR) is 110 cm³/mol. The van der Waals surface area contributed by atoms with Gasteiger partial charge in [0.1, 0.15) is 11.5 Å². The highest BCUT2D eigenvalue weighted by molar-refractivity contribution is 5.84. The molecule has 0 aliphatic carbocycles. The summed E-state index contributed by atoms with van der Waals surface area (Å²) in [6.45, 7) is 3.65. The van der Waals surface area contributed by atoms with Gasteiger partial charge in [-0.2, -0.15) is 18.3 Å². The number of pyridine rings is 1. The van der Waals surface area contributed by atoms with Gasteiger partial charge < -0.3 is 14.8 Å². The molecule has 3 aromatic rings. The largest absolute Gasteiger partial charge is 0.503 e. The molecule has 0 bridgehead atoms. The van der Waals surface area contributed by atoms with Gasteiger partial charge in [0.05, 0.1) is 22.3 Å². The average Bonchev–Trinajstić information content (AvgIpc) is 3.13. The smallest absolute Gasteiger partial charge is 0.419 e. The number of fused-ring (bicyclic) bond motifs is 1. The molecule has 4 rings (SSSR count). The van der Waals surface area contributed by atoms with Crippen LogP contribution in [0.25, 0.3) is 22.3 Å². The van der Waals surface area contributed by atoms with E-state index in [1.54, 1.807) is 4.68 Å². The summed E-state index contributed by atoms with van der Waals surface area (Å²) in [6, 6.07) is 2.73. The molecule has 1 aliphatic rings. The Morgan fingerprint density at radius 3 is 2.66 bits per heavy atom. The van der Waals surface area contributed by atoms with E-state index >= 15 is 0 Å². The molecular weight excluding hydrogens is 430 g/mol. The van der Waals surface area contributed by atoms with Crippen LogP contribution in [0.3, 0.4) is 0 Å². The van der Waals surface area contributed by atoms with E-state index < -0.39 is 40.0 Å². The third-order valence-electron chi connectivity index (χ3n) is 5.95. The van der Waals surface area contributed by atoms with Crippen LogP contribution in [0, 0.1) is 11.7 Å². The Morgan fingerprint density at radius 1 is 1.28 bits per heavy atom. The number of aromatic nitrogens is 3. The molecular formula is C22H23F4N3O3. The second kappa shape index (κ2) is 8.57. The molecule has 0 saturated carbocycles. The third kappa shape index (κ3) is 3.99. The van der Waals surface area contributed by atoms with Crippen molar-refractivity contribution in [3.05, 3.63) is 45.5 Å². The maximum absolute atomic E-state index is 14.7. The van der Waals surface area contributed by atoms with E-state index in [0.717, 1.165) is 31.4 Å². The number of hydrogen-bond donors (Lipinski definition) is 2. The third-order valence-corrected chi connectivity index (χ3v) is 5.95. The first-order valence-electron chi connectivity index (χ1n) is 10.5. The van der Waals surface area contributed by atoms with Gasteiger partial charge in [-0.15, -0.1) is 0 Å². The van der Waals surface area contributed by atoms with Gasteiger partial charge in [-0.3, -0.25) is 4.79 Å². The fourth-order valence-corrected chi connectivity index (χ4v) is 4.17. The van der Waals surface area contributed by atoms with Crippen LogP contribution in [0.2, 0.25) is 0 Å². The molecule has 0 radical (unpaired) electrons. The highest BCUT2D eigenvalue weighted by atomic mass is 19.4. The number of alkyl halides is 3. The number of halogens is 4. The predicted octanol–water partition coefficient (Wildman–Crippen LogP) is 4.63. The van der Waals surface area contributed by atoms with Crippen LogP contribution >= 0.6 is 0 Å². The Morgan fingerprint density at radius 2 is 2.00 bits per heavy atom. The van der Waals surface area contributed by atoms with Crippen LogP contribution in [0.15, 0.2) is 23.0 Å². The number of ether oxygens (including phenoxy) is 1.